The number of benzene rings is 7. The highest BCUT2D eigenvalue weighted by Crippen LogP contribution is 2.62. The fourth-order valence-electron chi connectivity index (χ4n) is 15.5. The van der Waals surface area contributed by atoms with Crippen molar-refractivity contribution in [3.8, 4) is 22.6 Å². The molecule has 4 bridgehead atoms. The van der Waals surface area contributed by atoms with Gasteiger partial charge >= 0.3 is 0 Å². The van der Waals surface area contributed by atoms with E-state index in [2.05, 4.69) is 262 Å². The number of anilines is 6. The fraction of sp³-hybridized carbons (Fsp3) is 0.442. The third-order valence-electron chi connectivity index (χ3n) is 20.1. The van der Waals surface area contributed by atoms with Crippen molar-refractivity contribution < 1.29 is 4.42 Å². The number of fused-ring (bicyclic) bond motifs is 5. The van der Waals surface area contributed by atoms with Crippen molar-refractivity contribution in [2.24, 2.45) is 17.8 Å². The van der Waals surface area contributed by atoms with E-state index in [0.29, 0.717) is 5.89 Å². The van der Waals surface area contributed by atoms with Crippen molar-refractivity contribution in [3.63, 3.8) is 0 Å². The number of hydrogen-bond donors (Lipinski definition) is 0. The molecule has 0 saturated heterocycles. The van der Waals surface area contributed by atoms with Crippen molar-refractivity contribution in [1.82, 2.24) is 4.98 Å². The summed E-state index contributed by atoms with van der Waals surface area (Å²) >= 11 is 0. The zero-order valence-electron chi connectivity index (χ0n) is 52.9. The zero-order valence-corrected chi connectivity index (χ0v) is 52.9. The molecule has 14 rings (SSSR count). The van der Waals surface area contributed by atoms with Crippen LogP contribution < -0.4 is 26.2 Å². The molecule has 6 aliphatic rings. The Morgan fingerprint density at radius 3 is 1.26 bits per heavy atom. The molecule has 8 aromatic rings. The zero-order chi connectivity index (χ0) is 58.2. The molecular formula is C77H90BN3O. The first-order valence-corrected chi connectivity index (χ1v) is 31.2. The highest BCUT2D eigenvalue weighted by atomic mass is 16.3. The van der Waals surface area contributed by atoms with E-state index in [1.165, 1.54) is 139 Å². The minimum atomic E-state index is -0.0885. The molecule has 0 radical (unpaired) electrons. The summed E-state index contributed by atoms with van der Waals surface area (Å²) < 4.78 is 7.08. The molecule has 82 heavy (non-hydrogen) atoms. The largest absolute Gasteiger partial charge is 0.436 e. The molecule has 2 aliphatic heterocycles. The number of hydrogen-bond acceptors (Lipinski definition) is 4. The monoisotopic (exact) mass is 1080 g/mol. The van der Waals surface area contributed by atoms with Crippen LogP contribution in [0.15, 0.2) is 132 Å². The SMILES string of the molecule is CC(C)(C)c1ccc(-c2ccc(-c3nc4cc5c(cc4o3)N(c3cc(C(C)(C)C)cc(C(C)(C)C)c3)c3cc(C46CC7CC(CC(C7)C4)C6)cc4c3B5c3cc(C(C)(C)C)ccc3N4c3cc(C(C)(C)C)cc(C(C)(C)C)c3)cc2)cc1. The van der Waals surface area contributed by atoms with E-state index in [-0.39, 0.29) is 44.6 Å². The normalized spacial score (nSPS) is 20.6. The van der Waals surface area contributed by atoms with Gasteiger partial charge in [0.15, 0.2) is 5.58 Å². The average Bonchev–Trinajstić information content (AvgIpc) is 0.883. The lowest BCUT2D eigenvalue weighted by atomic mass is 9.33. The van der Waals surface area contributed by atoms with E-state index >= 15 is 0 Å². The van der Waals surface area contributed by atoms with Gasteiger partial charge in [0.25, 0.3) is 6.71 Å². The Kier molecular flexibility index (Phi) is 12.3. The van der Waals surface area contributed by atoms with Crippen molar-refractivity contribution in [3.05, 3.63) is 166 Å². The predicted octanol–water partition coefficient (Wildman–Crippen LogP) is 19.5. The van der Waals surface area contributed by atoms with Crippen LogP contribution in [0.4, 0.5) is 34.1 Å². The van der Waals surface area contributed by atoms with Crippen LogP contribution in [0.1, 0.15) is 202 Å². The van der Waals surface area contributed by atoms with Gasteiger partial charge in [0, 0.05) is 45.8 Å². The maximum Gasteiger partial charge on any atom is 0.252 e. The van der Waals surface area contributed by atoms with E-state index in [9.17, 15) is 0 Å². The molecule has 422 valence electrons. The molecule has 4 nitrogen and oxygen atoms in total. The molecule has 1 aromatic heterocycles. The Hall–Kier alpha value is -6.33. The topological polar surface area (TPSA) is 32.5 Å². The summed E-state index contributed by atoms with van der Waals surface area (Å²) in [6.07, 6.45) is 8.08. The third-order valence-corrected chi connectivity index (χ3v) is 20.1. The first kappa shape index (κ1) is 54.9. The smallest absolute Gasteiger partial charge is 0.252 e. The van der Waals surface area contributed by atoms with E-state index in [4.69, 9.17) is 9.40 Å². The van der Waals surface area contributed by atoms with Crippen molar-refractivity contribution >= 4 is 68.3 Å². The van der Waals surface area contributed by atoms with Gasteiger partial charge < -0.3 is 14.2 Å². The van der Waals surface area contributed by atoms with Crippen LogP contribution in [0.3, 0.4) is 0 Å². The Labute approximate surface area is 492 Å². The molecule has 0 spiro atoms. The number of nitrogens with zero attached hydrogens (tertiary/aromatic N) is 3. The van der Waals surface area contributed by atoms with Gasteiger partial charge in [0.1, 0.15) is 5.52 Å². The van der Waals surface area contributed by atoms with Crippen LogP contribution in [0.25, 0.3) is 33.7 Å². The summed E-state index contributed by atoms with van der Waals surface area (Å²) in [6, 6.07) is 50.7. The number of aromatic nitrogens is 1. The highest BCUT2D eigenvalue weighted by Gasteiger charge is 2.53. The lowest BCUT2D eigenvalue weighted by Crippen LogP contribution is -2.62. The molecule has 0 atom stereocenters. The van der Waals surface area contributed by atoms with Crippen LogP contribution in [-0.2, 0) is 37.9 Å². The summed E-state index contributed by atoms with van der Waals surface area (Å²) in [4.78, 5) is 10.9. The van der Waals surface area contributed by atoms with Crippen LogP contribution in [-0.4, -0.2) is 11.7 Å². The van der Waals surface area contributed by atoms with Gasteiger partial charge in [-0.1, -0.05) is 185 Å². The van der Waals surface area contributed by atoms with E-state index in [1.54, 1.807) is 0 Å². The van der Waals surface area contributed by atoms with Crippen LogP contribution in [0.5, 0.6) is 0 Å². The van der Waals surface area contributed by atoms with Crippen molar-refractivity contribution in [2.45, 2.75) is 201 Å². The van der Waals surface area contributed by atoms with E-state index in [1.807, 2.05) is 0 Å². The standard InChI is InChI=1S/C77H90BN3O/c1-71(2,3)52-25-23-50(24-26-52)49-19-21-51(22-20-49)70-79-63-41-62-65(42-68(63)82-70)81(60-36-56(75(13,14)15)33-57(37-60)76(16,17)18)67-40-58(77-43-46-29-47(44-77)31-48(30-46)45-77)39-66-69(67)78(62)61-38-53(72(4,5)6)27-28-64(61)80(66)59-34-54(73(7,8)9)32-55(35-59)74(10,11)12/h19-28,32-42,46-48H,29-31,43-45H2,1-18H3. The molecule has 3 heterocycles. The molecule has 7 aromatic carbocycles. The molecular weight excluding hydrogens is 994 g/mol. The van der Waals surface area contributed by atoms with Crippen LogP contribution >= 0.6 is 0 Å². The average molecular weight is 1080 g/mol. The molecule has 4 fully saturated rings. The first-order valence-electron chi connectivity index (χ1n) is 31.2. The predicted molar refractivity (Wildman–Crippen MR) is 351 cm³/mol. The van der Waals surface area contributed by atoms with E-state index in [0.717, 1.165) is 34.4 Å². The van der Waals surface area contributed by atoms with Gasteiger partial charge in [0.2, 0.25) is 5.89 Å². The second-order valence-corrected chi connectivity index (χ2v) is 32.6. The van der Waals surface area contributed by atoms with Gasteiger partial charge in [-0.05, 0) is 221 Å². The summed E-state index contributed by atoms with van der Waals surface area (Å²) in [5, 5.41) is 0. The second-order valence-electron chi connectivity index (χ2n) is 32.6. The molecule has 0 amide bonds. The first-order chi connectivity index (χ1) is 38.3. The lowest BCUT2D eigenvalue weighted by molar-refractivity contribution is -0.00514. The van der Waals surface area contributed by atoms with Crippen molar-refractivity contribution in [1.29, 1.82) is 0 Å². The molecule has 0 N–H and O–H groups in total. The molecule has 0 unspecified atom stereocenters. The Balaban J connectivity index is 1.11. The minimum Gasteiger partial charge on any atom is -0.436 e. The highest BCUT2D eigenvalue weighted by molar-refractivity contribution is 7.00. The van der Waals surface area contributed by atoms with Crippen molar-refractivity contribution in [2.75, 3.05) is 9.80 Å². The second kappa shape index (κ2) is 18.3. The molecule has 5 heteroatoms. The lowest BCUT2D eigenvalue weighted by Gasteiger charge is -2.57. The molecule has 4 saturated carbocycles. The van der Waals surface area contributed by atoms with Gasteiger partial charge in [-0.3, -0.25) is 0 Å². The fourth-order valence-corrected chi connectivity index (χ4v) is 15.5. The number of rotatable bonds is 5. The third kappa shape index (κ3) is 9.38. The summed E-state index contributed by atoms with van der Waals surface area (Å²) in [7, 11) is 0. The van der Waals surface area contributed by atoms with Gasteiger partial charge in [0.05, 0.1) is 0 Å². The Morgan fingerprint density at radius 2 is 0.805 bits per heavy atom. The quantitative estimate of drug-likeness (QED) is 0.161. The van der Waals surface area contributed by atoms with Crippen LogP contribution in [0, 0.1) is 17.8 Å². The Bertz CT molecular complexity index is 3750. The Morgan fingerprint density at radius 1 is 0.402 bits per heavy atom. The van der Waals surface area contributed by atoms with E-state index < -0.39 is 0 Å². The minimum absolute atomic E-state index is 0.0610. The summed E-state index contributed by atoms with van der Waals surface area (Å²) in [6.45, 7) is 42.4. The number of oxazole rings is 1. The van der Waals surface area contributed by atoms with Gasteiger partial charge in [-0.25, -0.2) is 4.98 Å². The molecule has 4 aliphatic carbocycles. The van der Waals surface area contributed by atoms with Gasteiger partial charge in [-0.2, -0.15) is 0 Å². The maximum atomic E-state index is 7.08. The van der Waals surface area contributed by atoms with Crippen LogP contribution in [0.2, 0.25) is 0 Å². The van der Waals surface area contributed by atoms with Gasteiger partial charge in [-0.15, -0.1) is 0 Å². The summed E-state index contributed by atoms with van der Waals surface area (Å²) in [5.74, 6) is 3.05. The summed E-state index contributed by atoms with van der Waals surface area (Å²) in [5.41, 5.74) is 26.0. The maximum absolute atomic E-state index is 7.08.